The van der Waals surface area contributed by atoms with E-state index in [1.165, 1.54) is 5.56 Å². The minimum atomic E-state index is 0.578. The predicted octanol–water partition coefficient (Wildman–Crippen LogP) is 2.55. The Balaban J connectivity index is 2.45. The van der Waals surface area contributed by atoms with Crippen LogP contribution in [0.4, 0.5) is 0 Å². The molecule has 2 aromatic rings. The zero-order valence-electron chi connectivity index (χ0n) is 10.1. The molecule has 0 radical (unpaired) electrons. The summed E-state index contributed by atoms with van der Waals surface area (Å²) < 4.78 is 1.89. The maximum absolute atomic E-state index is 6.28. The lowest BCUT2D eigenvalue weighted by Crippen LogP contribution is -2.07. The third kappa shape index (κ3) is 2.35. The SMILES string of the molecule is Cc1ccc(-c2nc(CCN)n(C)c2Cl)cc1. The largest absolute Gasteiger partial charge is 0.330 e. The standard InChI is InChI=1S/C13H16ClN3/c1-9-3-5-10(6-4-9)12-13(14)17(2)11(16-12)7-8-15/h3-6H,7-8,15H2,1-2H3. The van der Waals surface area contributed by atoms with E-state index >= 15 is 0 Å². The first kappa shape index (κ1) is 12.1. The normalized spacial score (nSPS) is 10.8. The van der Waals surface area contributed by atoms with E-state index in [-0.39, 0.29) is 0 Å². The Labute approximate surface area is 106 Å². The highest BCUT2D eigenvalue weighted by molar-refractivity contribution is 6.32. The number of hydrogen-bond acceptors (Lipinski definition) is 2. The van der Waals surface area contributed by atoms with Gasteiger partial charge >= 0.3 is 0 Å². The van der Waals surface area contributed by atoms with Gasteiger partial charge in [-0.25, -0.2) is 4.98 Å². The van der Waals surface area contributed by atoms with Crippen molar-refractivity contribution in [1.82, 2.24) is 9.55 Å². The van der Waals surface area contributed by atoms with Gasteiger partial charge in [0.15, 0.2) is 0 Å². The third-order valence-electron chi connectivity index (χ3n) is 2.81. The summed E-state index contributed by atoms with van der Waals surface area (Å²) in [5, 5.41) is 0.664. The zero-order chi connectivity index (χ0) is 12.4. The Bertz CT molecular complexity index is 514. The molecule has 0 spiro atoms. The molecule has 0 amide bonds. The van der Waals surface area contributed by atoms with Gasteiger partial charge in [-0.2, -0.15) is 0 Å². The molecule has 0 fully saturated rings. The van der Waals surface area contributed by atoms with Crippen LogP contribution in [0.2, 0.25) is 5.15 Å². The first-order chi connectivity index (χ1) is 8.13. The van der Waals surface area contributed by atoms with Gasteiger partial charge in [0.25, 0.3) is 0 Å². The van der Waals surface area contributed by atoms with Crippen LogP contribution in [0.3, 0.4) is 0 Å². The summed E-state index contributed by atoms with van der Waals surface area (Å²) >= 11 is 6.28. The van der Waals surface area contributed by atoms with E-state index in [2.05, 4.69) is 24.0 Å². The van der Waals surface area contributed by atoms with Gasteiger partial charge in [0.1, 0.15) is 16.7 Å². The first-order valence-electron chi connectivity index (χ1n) is 5.61. The second kappa shape index (κ2) is 4.90. The van der Waals surface area contributed by atoms with E-state index in [1.54, 1.807) is 0 Å². The molecule has 17 heavy (non-hydrogen) atoms. The lowest BCUT2D eigenvalue weighted by molar-refractivity contribution is 0.778. The summed E-state index contributed by atoms with van der Waals surface area (Å²) in [6.07, 6.45) is 0.738. The van der Waals surface area contributed by atoms with Crippen molar-refractivity contribution in [1.29, 1.82) is 0 Å². The molecule has 0 bridgehead atoms. The quantitative estimate of drug-likeness (QED) is 0.909. The lowest BCUT2D eigenvalue weighted by Gasteiger charge is -1.99. The summed E-state index contributed by atoms with van der Waals surface area (Å²) in [6.45, 7) is 2.64. The highest BCUT2D eigenvalue weighted by atomic mass is 35.5. The summed E-state index contributed by atoms with van der Waals surface area (Å²) in [5.74, 6) is 0.924. The van der Waals surface area contributed by atoms with Crippen molar-refractivity contribution in [3.8, 4) is 11.3 Å². The van der Waals surface area contributed by atoms with E-state index in [0.29, 0.717) is 11.7 Å². The summed E-state index contributed by atoms with van der Waals surface area (Å²) in [7, 11) is 1.91. The topological polar surface area (TPSA) is 43.8 Å². The fraction of sp³-hybridized carbons (Fsp3) is 0.308. The Kier molecular flexibility index (Phi) is 3.50. The molecule has 3 nitrogen and oxygen atoms in total. The molecule has 0 aliphatic heterocycles. The molecule has 2 N–H and O–H groups in total. The van der Waals surface area contributed by atoms with Gasteiger partial charge in [-0.05, 0) is 13.5 Å². The molecule has 0 saturated heterocycles. The van der Waals surface area contributed by atoms with Crippen molar-refractivity contribution < 1.29 is 0 Å². The second-order valence-corrected chi connectivity index (χ2v) is 4.49. The Morgan fingerprint density at radius 3 is 2.53 bits per heavy atom. The monoisotopic (exact) mass is 249 g/mol. The Hall–Kier alpha value is -1.32. The lowest BCUT2D eigenvalue weighted by atomic mass is 10.1. The average Bonchev–Trinajstić information content (AvgIpc) is 2.59. The minimum Gasteiger partial charge on any atom is -0.330 e. The van der Waals surface area contributed by atoms with Gasteiger partial charge in [-0.15, -0.1) is 0 Å². The van der Waals surface area contributed by atoms with Crippen LogP contribution in [-0.2, 0) is 13.5 Å². The maximum atomic E-state index is 6.28. The highest BCUT2D eigenvalue weighted by Crippen LogP contribution is 2.27. The predicted molar refractivity (Wildman–Crippen MR) is 71.1 cm³/mol. The van der Waals surface area contributed by atoms with Crippen LogP contribution in [0, 0.1) is 6.92 Å². The Morgan fingerprint density at radius 1 is 1.29 bits per heavy atom. The average molecular weight is 250 g/mol. The number of nitrogens with two attached hydrogens (primary N) is 1. The van der Waals surface area contributed by atoms with E-state index in [9.17, 15) is 0 Å². The van der Waals surface area contributed by atoms with Gasteiger partial charge in [0, 0.05) is 19.0 Å². The molecule has 1 heterocycles. The van der Waals surface area contributed by atoms with Crippen molar-refractivity contribution in [2.24, 2.45) is 12.8 Å². The molecular formula is C13H16ClN3. The number of aromatic nitrogens is 2. The van der Waals surface area contributed by atoms with E-state index in [4.69, 9.17) is 17.3 Å². The van der Waals surface area contributed by atoms with Crippen molar-refractivity contribution in [2.75, 3.05) is 6.54 Å². The van der Waals surface area contributed by atoms with Crippen LogP contribution in [0.5, 0.6) is 0 Å². The zero-order valence-corrected chi connectivity index (χ0v) is 10.8. The number of rotatable bonds is 3. The molecule has 0 unspecified atom stereocenters. The molecule has 90 valence electrons. The third-order valence-corrected chi connectivity index (χ3v) is 3.24. The fourth-order valence-electron chi connectivity index (χ4n) is 1.77. The van der Waals surface area contributed by atoms with Crippen LogP contribution in [0.15, 0.2) is 24.3 Å². The molecule has 1 aromatic carbocycles. The van der Waals surface area contributed by atoms with Crippen molar-refractivity contribution in [2.45, 2.75) is 13.3 Å². The van der Waals surface area contributed by atoms with Gasteiger partial charge in [0.2, 0.25) is 0 Å². The number of benzene rings is 1. The van der Waals surface area contributed by atoms with Crippen LogP contribution in [0.25, 0.3) is 11.3 Å². The van der Waals surface area contributed by atoms with Gasteiger partial charge in [0.05, 0.1) is 0 Å². The molecule has 0 aliphatic rings. The number of hydrogen-bond donors (Lipinski definition) is 1. The smallest absolute Gasteiger partial charge is 0.136 e. The molecule has 0 atom stereocenters. The van der Waals surface area contributed by atoms with Crippen molar-refractivity contribution in [3.63, 3.8) is 0 Å². The number of aryl methyl sites for hydroxylation is 1. The van der Waals surface area contributed by atoms with E-state index in [1.807, 2.05) is 23.7 Å². The minimum absolute atomic E-state index is 0.578. The van der Waals surface area contributed by atoms with E-state index in [0.717, 1.165) is 23.5 Å². The van der Waals surface area contributed by atoms with Crippen LogP contribution >= 0.6 is 11.6 Å². The first-order valence-corrected chi connectivity index (χ1v) is 5.99. The number of imidazole rings is 1. The fourth-order valence-corrected chi connectivity index (χ4v) is 2.02. The second-order valence-electron chi connectivity index (χ2n) is 4.13. The van der Waals surface area contributed by atoms with Crippen LogP contribution in [0.1, 0.15) is 11.4 Å². The van der Waals surface area contributed by atoms with Gasteiger partial charge in [-0.3, -0.25) is 0 Å². The van der Waals surface area contributed by atoms with Crippen molar-refractivity contribution in [3.05, 3.63) is 40.8 Å². The number of nitrogens with zero attached hydrogens (tertiary/aromatic N) is 2. The van der Waals surface area contributed by atoms with E-state index < -0.39 is 0 Å². The molecule has 2 rings (SSSR count). The summed E-state index contributed by atoms with van der Waals surface area (Å²) in [5.41, 5.74) is 8.65. The van der Waals surface area contributed by atoms with Crippen LogP contribution < -0.4 is 5.73 Å². The maximum Gasteiger partial charge on any atom is 0.136 e. The molecule has 4 heteroatoms. The summed E-state index contributed by atoms with van der Waals surface area (Å²) in [6, 6.07) is 8.19. The summed E-state index contributed by atoms with van der Waals surface area (Å²) in [4.78, 5) is 4.55. The van der Waals surface area contributed by atoms with Crippen molar-refractivity contribution >= 4 is 11.6 Å². The molecule has 1 aromatic heterocycles. The van der Waals surface area contributed by atoms with Gasteiger partial charge < -0.3 is 10.3 Å². The highest BCUT2D eigenvalue weighted by Gasteiger charge is 2.13. The molecular weight excluding hydrogens is 234 g/mol. The molecule has 0 aliphatic carbocycles. The van der Waals surface area contributed by atoms with Gasteiger partial charge in [-0.1, -0.05) is 41.4 Å². The molecule has 0 saturated carbocycles. The van der Waals surface area contributed by atoms with Crippen LogP contribution in [-0.4, -0.2) is 16.1 Å². The number of halogens is 1. The Morgan fingerprint density at radius 2 is 1.94 bits per heavy atom.